The minimum atomic E-state index is -1.49. The van der Waals surface area contributed by atoms with Gasteiger partial charge in [-0.15, -0.1) is 11.3 Å². The first-order valence-electron chi connectivity index (χ1n) is 7.71. The number of carbonyl (C=O) groups is 2. The third kappa shape index (κ3) is 4.52. The van der Waals surface area contributed by atoms with Gasteiger partial charge in [0.05, 0.1) is 32.3 Å². The van der Waals surface area contributed by atoms with Crippen LogP contribution < -0.4 is 10.6 Å². The Morgan fingerprint density at radius 2 is 2.08 bits per heavy atom. The molecule has 5 N–H and O–H groups in total. The van der Waals surface area contributed by atoms with Crippen molar-refractivity contribution in [3.63, 3.8) is 0 Å². The number of carbonyl (C=O) groups excluding carboxylic acids is 2. The van der Waals surface area contributed by atoms with Crippen LogP contribution in [0, 0.1) is 0 Å². The quantitative estimate of drug-likeness (QED) is 0.377. The van der Waals surface area contributed by atoms with Crippen molar-refractivity contribution in [2.45, 2.75) is 24.5 Å². The summed E-state index contributed by atoms with van der Waals surface area (Å²) in [7, 11) is 0. The highest BCUT2D eigenvalue weighted by Crippen LogP contribution is 2.17. The molecule has 1 fully saturated rings. The van der Waals surface area contributed by atoms with Crippen LogP contribution in [-0.4, -0.2) is 76.5 Å². The van der Waals surface area contributed by atoms with Gasteiger partial charge < -0.3 is 26.0 Å². The third-order valence-electron chi connectivity index (χ3n) is 4.07. The Morgan fingerprint density at radius 3 is 2.67 bits per heavy atom. The van der Waals surface area contributed by atoms with Gasteiger partial charge in [0.1, 0.15) is 5.54 Å². The molecule has 2 heterocycles. The summed E-state index contributed by atoms with van der Waals surface area (Å²) in [6, 6.07) is 3.28. The Labute approximate surface area is 144 Å². The van der Waals surface area contributed by atoms with Crippen molar-refractivity contribution >= 4 is 23.2 Å². The molecular weight excluding hydrogens is 334 g/mol. The minimum Gasteiger partial charge on any atom is -0.394 e. The van der Waals surface area contributed by atoms with E-state index in [-0.39, 0.29) is 12.3 Å². The van der Waals surface area contributed by atoms with Crippen LogP contribution >= 0.6 is 11.3 Å². The molecule has 0 aromatic carbocycles. The molecule has 2 rings (SSSR count). The molecule has 1 aliphatic rings. The fourth-order valence-corrected chi connectivity index (χ4v) is 3.30. The molecular formula is C15H23N3O5S. The SMILES string of the molecule is O=C(C[C@@H]1C(=O)NCCN1Cc1cccs1)NC(CO)(CO)CO. The molecule has 9 heteroatoms. The van der Waals surface area contributed by atoms with Crippen LogP contribution in [0.5, 0.6) is 0 Å². The second kappa shape index (κ2) is 8.54. The second-order valence-electron chi connectivity index (χ2n) is 5.86. The first-order valence-corrected chi connectivity index (χ1v) is 8.59. The molecule has 1 atom stereocenters. The topological polar surface area (TPSA) is 122 Å². The number of aliphatic hydroxyl groups excluding tert-OH is 3. The van der Waals surface area contributed by atoms with Gasteiger partial charge in [0, 0.05) is 24.5 Å². The van der Waals surface area contributed by atoms with Gasteiger partial charge in [-0.05, 0) is 11.4 Å². The summed E-state index contributed by atoms with van der Waals surface area (Å²) in [4.78, 5) is 27.4. The molecule has 1 aliphatic heterocycles. The van der Waals surface area contributed by atoms with Crippen LogP contribution in [0.3, 0.4) is 0 Å². The molecule has 0 aliphatic carbocycles. The summed E-state index contributed by atoms with van der Waals surface area (Å²) >= 11 is 1.59. The van der Waals surface area contributed by atoms with Crippen LogP contribution in [0.4, 0.5) is 0 Å². The van der Waals surface area contributed by atoms with Crippen molar-refractivity contribution in [3.05, 3.63) is 22.4 Å². The number of rotatable bonds is 8. The van der Waals surface area contributed by atoms with Crippen molar-refractivity contribution in [1.29, 1.82) is 0 Å². The van der Waals surface area contributed by atoms with Gasteiger partial charge in [-0.1, -0.05) is 6.07 Å². The van der Waals surface area contributed by atoms with Gasteiger partial charge in [-0.3, -0.25) is 14.5 Å². The maximum atomic E-state index is 12.2. The molecule has 0 saturated carbocycles. The zero-order chi connectivity index (χ0) is 17.6. The van der Waals surface area contributed by atoms with E-state index in [0.29, 0.717) is 19.6 Å². The molecule has 0 radical (unpaired) electrons. The van der Waals surface area contributed by atoms with Crippen LogP contribution in [0.2, 0.25) is 0 Å². The van der Waals surface area contributed by atoms with Crippen molar-refractivity contribution in [2.24, 2.45) is 0 Å². The molecule has 0 spiro atoms. The van der Waals surface area contributed by atoms with E-state index < -0.39 is 37.3 Å². The zero-order valence-corrected chi connectivity index (χ0v) is 14.1. The van der Waals surface area contributed by atoms with E-state index in [1.54, 1.807) is 11.3 Å². The lowest BCUT2D eigenvalue weighted by atomic mass is 10.0. The van der Waals surface area contributed by atoms with Crippen LogP contribution in [0.1, 0.15) is 11.3 Å². The molecule has 8 nitrogen and oxygen atoms in total. The van der Waals surface area contributed by atoms with Crippen molar-refractivity contribution < 1.29 is 24.9 Å². The number of nitrogens with zero attached hydrogens (tertiary/aromatic N) is 1. The van der Waals surface area contributed by atoms with E-state index in [2.05, 4.69) is 10.6 Å². The molecule has 1 saturated heterocycles. The molecule has 0 unspecified atom stereocenters. The third-order valence-corrected chi connectivity index (χ3v) is 4.93. The maximum absolute atomic E-state index is 12.2. The fourth-order valence-electron chi connectivity index (χ4n) is 2.57. The lowest BCUT2D eigenvalue weighted by Crippen LogP contribution is -2.60. The zero-order valence-electron chi connectivity index (χ0n) is 13.3. The van der Waals surface area contributed by atoms with Crippen LogP contribution in [0.15, 0.2) is 17.5 Å². The Bertz CT molecular complexity index is 539. The molecule has 1 aromatic heterocycles. The molecule has 24 heavy (non-hydrogen) atoms. The predicted molar refractivity (Wildman–Crippen MR) is 88.3 cm³/mol. The summed E-state index contributed by atoms with van der Waals surface area (Å²) in [5, 5.41) is 35.0. The lowest BCUT2D eigenvalue weighted by Gasteiger charge is -2.35. The second-order valence-corrected chi connectivity index (χ2v) is 6.90. The van der Waals surface area contributed by atoms with Gasteiger partial charge in [0.2, 0.25) is 11.8 Å². The van der Waals surface area contributed by atoms with E-state index in [9.17, 15) is 24.9 Å². The lowest BCUT2D eigenvalue weighted by molar-refractivity contribution is -0.135. The van der Waals surface area contributed by atoms with Crippen LogP contribution in [0.25, 0.3) is 0 Å². The normalized spacial score (nSPS) is 19.1. The van der Waals surface area contributed by atoms with Crippen LogP contribution in [-0.2, 0) is 16.1 Å². The highest BCUT2D eigenvalue weighted by Gasteiger charge is 2.35. The summed E-state index contributed by atoms with van der Waals surface area (Å²) in [5.74, 6) is -0.735. The molecule has 0 bridgehead atoms. The molecule has 1 aromatic rings. The number of piperazine rings is 1. The summed E-state index contributed by atoms with van der Waals surface area (Å²) in [6.45, 7) is -0.0539. The number of amides is 2. The van der Waals surface area contributed by atoms with E-state index in [4.69, 9.17) is 0 Å². The average Bonchev–Trinajstić information content (AvgIpc) is 3.09. The summed E-state index contributed by atoms with van der Waals surface area (Å²) in [6.07, 6.45) is -0.112. The standard InChI is InChI=1S/C15H23N3O5S/c19-8-15(9-20,10-21)17-13(22)6-12-14(23)16-3-4-18(12)7-11-2-1-5-24-11/h1-2,5,12,19-21H,3-4,6-10H2,(H,16,23)(H,17,22)/t12-/m1/s1. The van der Waals surface area contributed by atoms with Gasteiger partial charge in [-0.2, -0.15) is 0 Å². The first-order chi connectivity index (χ1) is 11.5. The van der Waals surface area contributed by atoms with Crippen molar-refractivity contribution in [3.8, 4) is 0 Å². The largest absolute Gasteiger partial charge is 0.394 e. The van der Waals surface area contributed by atoms with E-state index in [1.807, 2.05) is 22.4 Å². The predicted octanol–water partition coefficient (Wildman–Crippen LogP) is -1.73. The van der Waals surface area contributed by atoms with Gasteiger partial charge in [-0.25, -0.2) is 0 Å². The maximum Gasteiger partial charge on any atom is 0.237 e. The molecule has 2 amide bonds. The summed E-state index contributed by atoms with van der Waals surface area (Å²) in [5.41, 5.74) is -1.49. The number of aliphatic hydroxyl groups is 3. The van der Waals surface area contributed by atoms with Gasteiger partial charge >= 0.3 is 0 Å². The number of hydrogen-bond donors (Lipinski definition) is 5. The summed E-state index contributed by atoms with van der Waals surface area (Å²) < 4.78 is 0. The number of hydrogen-bond acceptors (Lipinski definition) is 7. The molecule has 134 valence electrons. The Hall–Kier alpha value is -1.52. The minimum absolute atomic E-state index is 0.112. The van der Waals surface area contributed by atoms with E-state index in [1.165, 1.54) is 0 Å². The Balaban J connectivity index is 2.03. The number of nitrogens with one attached hydrogen (secondary N) is 2. The highest BCUT2D eigenvalue weighted by molar-refractivity contribution is 7.09. The Morgan fingerprint density at radius 1 is 1.38 bits per heavy atom. The van der Waals surface area contributed by atoms with Gasteiger partial charge in [0.15, 0.2) is 0 Å². The van der Waals surface area contributed by atoms with Crippen molar-refractivity contribution in [2.75, 3.05) is 32.9 Å². The average molecular weight is 357 g/mol. The van der Waals surface area contributed by atoms with E-state index in [0.717, 1.165) is 4.88 Å². The number of thiophene rings is 1. The van der Waals surface area contributed by atoms with E-state index >= 15 is 0 Å². The Kier molecular flexibility index (Phi) is 6.69. The fraction of sp³-hybridized carbons (Fsp3) is 0.600. The van der Waals surface area contributed by atoms with Crippen molar-refractivity contribution in [1.82, 2.24) is 15.5 Å². The first kappa shape index (κ1) is 18.8. The monoisotopic (exact) mass is 357 g/mol. The highest BCUT2D eigenvalue weighted by atomic mass is 32.1. The van der Waals surface area contributed by atoms with Gasteiger partial charge in [0.25, 0.3) is 0 Å². The smallest absolute Gasteiger partial charge is 0.237 e.